The van der Waals surface area contributed by atoms with E-state index in [0.29, 0.717) is 99.7 Å². The number of aliphatic hydroxyl groups excluding tert-OH is 2. The molecule has 0 aliphatic heterocycles. The third-order valence-corrected chi connectivity index (χ3v) is 12.6. The van der Waals surface area contributed by atoms with Crippen molar-refractivity contribution in [3.63, 3.8) is 0 Å². The van der Waals surface area contributed by atoms with Gasteiger partial charge in [0.25, 0.3) is 0 Å². The number of nitrogens with one attached hydrogen (secondary N) is 2. The number of hydrogen-bond donors (Lipinski definition) is 4. The standard InChI is InChI=1S/C58H106N4O12/c1-9-11-25-35-51(73-57(69)41-31-39-55(67)71-47-45-61(3,4)5)49(63)33-27-21-17-13-15-19-23-29-37-53(65)59-43-44-60-54(66)38-30-24-20-16-14-18-22-28-34-50(64)52(36-26-12-10-2)74-58(70)42-32-40-56(68)72-48-46-62(6,7)8/h21-22,27-28,49-52,63-64H,9-20,23-26,29-48H2,1-8H3/p+2/b27-21-,28-22-. The molecule has 0 saturated heterocycles. The Labute approximate surface area is 448 Å². The van der Waals surface area contributed by atoms with E-state index in [0.717, 1.165) is 116 Å². The number of aliphatic hydroxyl groups is 2. The van der Waals surface area contributed by atoms with Gasteiger partial charge in [-0.25, -0.2) is 0 Å². The number of likely N-dealkylation sites (N-methyl/N-ethyl adjacent to an activating group) is 2. The maximum absolute atomic E-state index is 12.6. The number of quaternary nitrogens is 2. The van der Waals surface area contributed by atoms with Gasteiger partial charge in [-0.2, -0.15) is 0 Å². The molecule has 0 bridgehead atoms. The average molecular weight is 1050 g/mol. The zero-order valence-electron chi connectivity index (χ0n) is 47.9. The summed E-state index contributed by atoms with van der Waals surface area (Å²) < 4.78 is 23.3. The van der Waals surface area contributed by atoms with Crippen LogP contribution < -0.4 is 10.6 Å². The van der Waals surface area contributed by atoms with Gasteiger partial charge in [-0.3, -0.25) is 28.8 Å². The summed E-state index contributed by atoms with van der Waals surface area (Å²) in [5, 5.41) is 27.5. The lowest BCUT2D eigenvalue weighted by atomic mass is 10.0. The van der Waals surface area contributed by atoms with E-state index in [9.17, 15) is 39.0 Å². The summed E-state index contributed by atoms with van der Waals surface area (Å²) in [5.41, 5.74) is 0. The number of rotatable bonds is 49. The SMILES string of the molecule is CCCCCC(OC(=O)CCCC(=O)OCC[N+](C)(C)C)C(O)C/C=C\CCCCCCCC(=O)NCCNC(=O)CCCCCCC/C=C\CC(O)C(CCCCC)OC(=O)CCCC(=O)OCC[N+](C)(C)C. The molecule has 0 fully saturated rings. The molecule has 0 aliphatic rings. The minimum absolute atomic E-state index is 0.000638. The van der Waals surface area contributed by atoms with Crippen molar-refractivity contribution < 1.29 is 66.9 Å². The highest BCUT2D eigenvalue weighted by Gasteiger charge is 2.24. The van der Waals surface area contributed by atoms with Crippen molar-refractivity contribution in [2.75, 3.05) is 81.7 Å². The average Bonchev–Trinajstić information content (AvgIpc) is 3.32. The minimum Gasteiger partial charge on any atom is -0.460 e. The predicted octanol–water partition coefficient (Wildman–Crippen LogP) is 9.12. The van der Waals surface area contributed by atoms with Gasteiger partial charge in [0, 0.05) is 51.6 Å². The summed E-state index contributed by atoms with van der Waals surface area (Å²) in [5.74, 6) is -1.43. The van der Waals surface area contributed by atoms with Crippen LogP contribution in [0.15, 0.2) is 24.3 Å². The van der Waals surface area contributed by atoms with Crippen LogP contribution in [0.1, 0.15) is 206 Å². The topological polar surface area (TPSA) is 204 Å². The van der Waals surface area contributed by atoms with Crippen LogP contribution in [0.25, 0.3) is 0 Å². The molecule has 0 heterocycles. The fourth-order valence-corrected chi connectivity index (χ4v) is 7.82. The largest absolute Gasteiger partial charge is 0.460 e. The first-order chi connectivity index (χ1) is 35.3. The molecule has 0 aromatic carbocycles. The number of carbonyl (C=O) groups is 6. The second-order valence-electron chi connectivity index (χ2n) is 22.1. The lowest BCUT2D eigenvalue weighted by Gasteiger charge is -2.23. The molecule has 0 aromatic heterocycles. The van der Waals surface area contributed by atoms with Crippen LogP contribution in [0.3, 0.4) is 0 Å². The van der Waals surface area contributed by atoms with Crippen LogP contribution >= 0.6 is 0 Å². The van der Waals surface area contributed by atoms with Crippen molar-refractivity contribution in [1.29, 1.82) is 0 Å². The Balaban J connectivity index is 4.08. The molecule has 0 radical (unpaired) electrons. The highest BCUT2D eigenvalue weighted by molar-refractivity contribution is 5.77. The van der Waals surface area contributed by atoms with E-state index in [1.54, 1.807) is 0 Å². The van der Waals surface area contributed by atoms with E-state index in [1.807, 2.05) is 54.4 Å². The number of amides is 2. The molecule has 0 rings (SSSR count). The smallest absolute Gasteiger partial charge is 0.306 e. The summed E-state index contributed by atoms with van der Waals surface area (Å²) in [6.07, 6.45) is 26.9. The second kappa shape index (κ2) is 45.3. The maximum Gasteiger partial charge on any atom is 0.306 e. The molecule has 430 valence electrons. The van der Waals surface area contributed by atoms with Gasteiger partial charge in [-0.15, -0.1) is 0 Å². The molecule has 0 spiro atoms. The lowest BCUT2D eigenvalue weighted by Crippen LogP contribution is -2.38. The number of ether oxygens (including phenoxy) is 4. The van der Waals surface area contributed by atoms with Crippen molar-refractivity contribution >= 4 is 35.7 Å². The quantitative estimate of drug-likeness (QED) is 0.0148. The Bertz CT molecular complexity index is 1430. The Morgan fingerprint density at radius 1 is 0.432 bits per heavy atom. The van der Waals surface area contributed by atoms with Crippen molar-refractivity contribution in [2.24, 2.45) is 0 Å². The summed E-state index contributed by atoms with van der Waals surface area (Å²) in [7, 11) is 12.2. The fraction of sp³-hybridized carbons (Fsp3) is 0.828. The number of unbranched alkanes of at least 4 members (excludes halogenated alkanes) is 14. The first-order valence-corrected chi connectivity index (χ1v) is 28.8. The normalized spacial score (nSPS) is 13.6. The highest BCUT2D eigenvalue weighted by Crippen LogP contribution is 2.18. The Morgan fingerprint density at radius 3 is 1.15 bits per heavy atom. The van der Waals surface area contributed by atoms with Gasteiger partial charge >= 0.3 is 23.9 Å². The lowest BCUT2D eigenvalue weighted by molar-refractivity contribution is -0.870. The molecule has 0 aromatic rings. The van der Waals surface area contributed by atoms with Crippen LogP contribution in [0.2, 0.25) is 0 Å². The molecular formula is C58H108N4O12+2. The van der Waals surface area contributed by atoms with Gasteiger partial charge in [0.15, 0.2) is 0 Å². The molecule has 0 aliphatic carbocycles. The molecule has 16 nitrogen and oxygen atoms in total. The molecular weight excluding hydrogens is 945 g/mol. The van der Waals surface area contributed by atoms with Crippen LogP contribution in [-0.2, 0) is 47.7 Å². The molecule has 0 saturated carbocycles. The molecule has 2 amide bonds. The molecule has 4 N–H and O–H groups in total. The summed E-state index contributed by atoms with van der Waals surface area (Å²) in [6, 6.07) is 0. The van der Waals surface area contributed by atoms with E-state index in [2.05, 4.69) is 36.6 Å². The van der Waals surface area contributed by atoms with Gasteiger partial charge < -0.3 is 48.8 Å². The number of hydrogen-bond acceptors (Lipinski definition) is 12. The van der Waals surface area contributed by atoms with Crippen LogP contribution in [0.5, 0.6) is 0 Å². The Kier molecular flexibility index (Phi) is 43.0. The van der Waals surface area contributed by atoms with Gasteiger partial charge in [-0.1, -0.05) is 102 Å². The van der Waals surface area contributed by atoms with Crippen molar-refractivity contribution in [3.8, 4) is 0 Å². The van der Waals surface area contributed by atoms with Gasteiger partial charge in [-0.05, 0) is 89.9 Å². The summed E-state index contributed by atoms with van der Waals surface area (Å²) in [4.78, 5) is 73.7. The van der Waals surface area contributed by atoms with E-state index in [-0.39, 0.29) is 49.4 Å². The fourth-order valence-electron chi connectivity index (χ4n) is 7.82. The number of nitrogens with zero attached hydrogens (tertiary/aromatic N) is 2. The van der Waals surface area contributed by atoms with E-state index >= 15 is 0 Å². The molecule has 74 heavy (non-hydrogen) atoms. The monoisotopic (exact) mass is 1050 g/mol. The van der Waals surface area contributed by atoms with Crippen molar-refractivity contribution in [2.45, 2.75) is 231 Å². The van der Waals surface area contributed by atoms with Gasteiger partial charge in [0.05, 0.1) is 54.5 Å². The molecule has 16 heteroatoms. The zero-order chi connectivity index (χ0) is 55.3. The number of carbonyl (C=O) groups excluding carboxylic acids is 6. The number of allylic oxidation sites excluding steroid dienone is 2. The number of esters is 4. The van der Waals surface area contributed by atoms with Crippen molar-refractivity contribution in [1.82, 2.24) is 10.6 Å². The van der Waals surface area contributed by atoms with E-state index in [4.69, 9.17) is 18.9 Å². The van der Waals surface area contributed by atoms with Crippen LogP contribution in [0.4, 0.5) is 0 Å². The third-order valence-electron chi connectivity index (χ3n) is 12.6. The van der Waals surface area contributed by atoms with E-state index in [1.165, 1.54) is 0 Å². The highest BCUT2D eigenvalue weighted by atomic mass is 16.6. The van der Waals surface area contributed by atoms with Gasteiger partial charge in [0.2, 0.25) is 11.8 Å². The summed E-state index contributed by atoms with van der Waals surface area (Å²) in [6.45, 7) is 7.15. The predicted molar refractivity (Wildman–Crippen MR) is 294 cm³/mol. The first-order valence-electron chi connectivity index (χ1n) is 28.8. The second-order valence-corrected chi connectivity index (χ2v) is 22.1. The first kappa shape index (κ1) is 70.1. The molecule has 4 atom stereocenters. The van der Waals surface area contributed by atoms with Crippen molar-refractivity contribution in [3.05, 3.63) is 24.3 Å². The van der Waals surface area contributed by atoms with Crippen LogP contribution in [0, 0.1) is 0 Å². The summed E-state index contributed by atoms with van der Waals surface area (Å²) >= 11 is 0. The zero-order valence-corrected chi connectivity index (χ0v) is 47.9. The van der Waals surface area contributed by atoms with E-state index < -0.39 is 36.4 Å². The third kappa shape index (κ3) is 46.7. The van der Waals surface area contributed by atoms with Gasteiger partial charge in [0.1, 0.15) is 38.5 Å². The maximum atomic E-state index is 12.6. The Hall–Kier alpha value is -3.86. The minimum atomic E-state index is -0.784. The van der Waals surface area contributed by atoms with Crippen LogP contribution in [-0.4, -0.2) is 161 Å². The Morgan fingerprint density at radius 2 is 0.784 bits per heavy atom. The molecule has 4 unspecified atom stereocenters.